The second kappa shape index (κ2) is 12.9. The number of nitrogens with one attached hydrogen (secondary N) is 1. The molecule has 0 saturated carbocycles. The highest BCUT2D eigenvalue weighted by molar-refractivity contribution is 7.91. The maximum Gasteiger partial charge on any atom is 0.355 e. The molecule has 0 spiro atoms. The van der Waals surface area contributed by atoms with Crippen LogP contribution in [0, 0.1) is 0 Å². The molecule has 0 aliphatic rings. The third-order valence-corrected chi connectivity index (χ3v) is 7.51. The molecular formula is C27H30ClNO6S. The molecule has 2 atom stereocenters. The van der Waals surface area contributed by atoms with Gasteiger partial charge in [0.2, 0.25) is 9.84 Å². The van der Waals surface area contributed by atoms with Crippen LogP contribution < -0.4 is 10.2 Å². The van der Waals surface area contributed by atoms with Crippen LogP contribution in [-0.4, -0.2) is 32.1 Å². The summed E-state index contributed by atoms with van der Waals surface area (Å²) in [5.74, 6) is -0.258. The van der Waals surface area contributed by atoms with Crippen molar-refractivity contribution < 1.29 is 28.1 Å². The molecule has 9 heteroatoms. The lowest BCUT2D eigenvalue weighted by atomic mass is 10.1. The van der Waals surface area contributed by atoms with E-state index in [4.69, 9.17) is 16.5 Å². The number of aliphatic hydroxyl groups is 1. The zero-order valence-corrected chi connectivity index (χ0v) is 21.8. The number of hydrogen-bond donors (Lipinski definition) is 2. The van der Waals surface area contributed by atoms with Gasteiger partial charge in [-0.1, -0.05) is 42.8 Å². The van der Waals surface area contributed by atoms with Gasteiger partial charge in [0.1, 0.15) is 0 Å². The van der Waals surface area contributed by atoms with E-state index in [0.29, 0.717) is 24.4 Å². The quantitative estimate of drug-likeness (QED) is 0.248. The summed E-state index contributed by atoms with van der Waals surface area (Å²) in [7, 11) is -3.72. The number of aliphatic hydroxyl groups excluding tert-OH is 1. The van der Waals surface area contributed by atoms with Gasteiger partial charge in [-0.15, -0.1) is 0 Å². The Kier molecular flexibility index (Phi) is 9.89. The van der Waals surface area contributed by atoms with E-state index >= 15 is 0 Å². The van der Waals surface area contributed by atoms with Gasteiger partial charge in [-0.25, -0.2) is 13.2 Å². The van der Waals surface area contributed by atoms with Crippen molar-refractivity contribution in [3.8, 4) is 5.75 Å². The van der Waals surface area contributed by atoms with E-state index in [1.165, 1.54) is 24.3 Å². The van der Waals surface area contributed by atoms with Crippen LogP contribution in [0.2, 0.25) is 5.02 Å². The smallest absolute Gasteiger partial charge is 0.355 e. The highest BCUT2D eigenvalue weighted by Gasteiger charge is 2.18. The van der Waals surface area contributed by atoms with Crippen LogP contribution >= 0.6 is 11.6 Å². The predicted octanol–water partition coefficient (Wildman–Crippen LogP) is 5.06. The minimum absolute atomic E-state index is 0.0558. The molecule has 3 aromatic carbocycles. The molecule has 3 aromatic rings. The molecule has 0 aliphatic carbocycles. The average molecular weight is 532 g/mol. The van der Waals surface area contributed by atoms with Crippen molar-refractivity contribution in [3.05, 3.63) is 88.9 Å². The Morgan fingerprint density at radius 2 is 1.67 bits per heavy atom. The first kappa shape index (κ1) is 27.7. The van der Waals surface area contributed by atoms with E-state index in [9.17, 15) is 18.3 Å². The largest absolute Gasteiger partial charge is 0.387 e. The number of halogens is 1. The Hall–Kier alpha value is -2.91. The predicted molar refractivity (Wildman–Crippen MR) is 138 cm³/mol. The Balaban J connectivity index is 1.55. The first-order valence-corrected chi connectivity index (χ1v) is 13.5. The topological polar surface area (TPSA) is 102 Å². The summed E-state index contributed by atoms with van der Waals surface area (Å²) in [5, 5.41) is 14.2. The Morgan fingerprint density at radius 1 is 1.03 bits per heavy atom. The highest BCUT2D eigenvalue weighted by Crippen LogP contribution is 2.24. The molecular weight excluding hydrogens is 502 g/mol. The standard InChI is InChI=1S/C27H30ClNO6S/c1-3-5-27(31)35-34-23-10-14-25(15-11-23)36(32,33)24-12-8-20(9-13-24)16-19(2)29-18-26(30)21-6-4-7-22(28)17-21/h4,6-15,17,19,26,29-30H,3,5,16,18H2,1-2H3/t19-,26+/m1/s1. The number of hydrogen-bond acceptors (Lipinski definition) is 7. The van der Waals surface area contributed by atoms with Crippen LogP contribution in [0.25, 0.3) is 0 Å². The van der Waals surface area contributed by atoms with E-state index in [1.807, 2.05) is 19.9 Å². The number of sulfone groups is 1. The van der Waals surface area contributed by atoms with Gasteiger partial charge in [0.25, 0.3) is 0 Å². The normalized spacial score (nSPS) is 13.1. The fourth-order valence-electron chi connectivity index (χ4n) is 3.53. The van der Waals surface area contributed by atoms with Crippen LogP contribution in [0.15, 0.2) is 82.6 Å². The van der Waals surface area contributed by atoms with E-state index in [-0.39, 0.29) is 28.0 Å². The molecule has 0 aromatic heterocycles. The van der Waals surface area contributed by atoms with Crippen LogP contribution in [0.4, 0.5) is 0 Å². The molecule has 0 amide bonds. The zero-order chi connectivity index (χ0) is 26.1. The molecule has 0 radical (unpaired) electrons. The van der Waals surface area contributed by atoms with Crippen LogP contribution in [0.3, 0.4) is 0 Å². The van der Waals surface area contributed by atoms with Gasteiger partial charge in [-0.3, -0.25) is 9.78 Å². The van der Waals surface area contributed by atoms with Gasteiger partial charge in [-0.05, 0) is 79.4 Å². The van der Waals surface area contributed by atoms with Gasteiger partial charge in [-0.2, -0.15) is 0 Å². The van der Waals surface area contributed by atoms with Crippen molar-refractivity contribution in [1.29, 1.82) is 0 Å². The number of carbonyl (C=O) groups is 1. The molecule has 0 heterocycles. The summed E-state index contributed by atoms with van der Waals surface area (Å²) in [6.45, 7) is 4.21. The van der Waals surface area contributed by atoms with Gasteiger partial charge in [0.05, 0.1) is 15.9 Å². The summed E-state index contributed by atoms with van der Waals surface area (Å²) in [6.07, 6.45) is 0.854. The van der Waals surface area contributed by atoms with Crippen molar-refractivity contribution in [2.75, 3.05) is 6.54 Å². The fraction of sp³-hybridized carbons (Fsp3) is 0.296. The molecule has 0 unspecified atom stereocenters. The summed E-state index contributed by atoms with van der Waals surface area (Å²) in [6, 6.07) is 19.6. The lowest BCUT2D eigenvalue weighted by molar-refractivity contribution is -0.213. The maximum absolute atomic E-state index is 13.0. The molecule has 0 fully saturated rings. The second-order valence-electron chi connectivity index (χ2n) is 8.49. The fourth-order valence-corrected chi connectivity index (χ4v) is 4.99. The second-order valence-corrected chi connectivity index (χ2v) is 10.9. The number of rotatable bonds is 12. The van der Waals surface area contributed by atoms with Crippen LogP contribution in [0.5, 0.6) is 5.75 Å². The highest BCUT2D eigenvalue weighted by atomic mass is 35.5. The average Bonchev–Trinajstić information content (AvgIpc) is 2.87. The Bertz CT molecular complexity index is 1250. The third kappa shape index (κ3) is 7.80. The van der Waals surface area contributed by atoms with E-state index in [0.717, 1.165) is 11.1 Å². The van der Waals surface area contributed by atoms with Crippen molar-refractivity contribution in [2.24, 2.45) is 0 Å². The molecule has 0 saturated heterocycles. The number of benzene rings is 3. The van der Waals surface area contributed by atoms with E-state index in [2.05, 4.69) is 10.2 Å². The van der Waals surface area contributed by atoms with E-state index < -0.39 is 21.9 Å². The van der Waals surface area contributed by atoms with Crippen molar-refractivity contribution in [1.82, 2.24) is 5.32 Å². The molecule has 3 rings (SSSR count). The minimum atomic E-state index is -3.72. The molecule has 192 valence electrons. The molecule has 7 nitrogen and oxygen atoms in total. The third-order valence-electron chi connectivity index (χ3n) is 5.49. The van der Waals surface area contributed by atoms with Crippen LogP contribution in [-0.2, 0) is 25.9 Å². The molecule has 0 aliphatic heterocycles. The summed E-state index contributed by atoms with van der Waals surface area (Å²) >= 11 is 5.99. The SMILES string of the molecule is CCCC(=O)OOc1ccc(S(=O)(=O)c2ccc(C[C@@H](C)NC[C@H](O)c3cccc(Cl)c3)cc2)cc1. The number of carbonyl (C=O) groups excluding carboxylic acids is 1. The summed E-state index contributed by atoms with van der Waals surface area (Å²) < 4.78 is 26.0. The molecule has 2 N–H and O–H groups in total. The Labute approximate surface area is 216 Å². The van der Waals surface area contributed by atoms with Crippen molar-refractivity contribution in [2.45, 2.75) is 55.0 Å². The van der Waals surface area contributed by atoms with Gasteiger partial charge in [0, 0.05) is 24.0 Å². The van der Waals surface area contributed by atoms with E-state index in [1.54, 1.807) is 42.5 Å². The molecule has 0 bridgehead atoms. The maximum atomic E-state index is 13.0. The lowest BCUT2D eigenvalue weighted by Gasteiger charge is -2.18. The van der Waals surface area contributed by atoms with Crippen molar-refractivity contribution in [3.63, 3.8) is 0 Å². The first-order chi connectivity index (χ1) is 17.2. The monoisotopic (exact) mass is 531 g/mol. The Morgan fingerprint density at radius 3 is 2.28 bits per heavy atom. The van der Waals surface area contributed by atoms with Crippen molar-refractivity contribution >= 4 is 27.4 Å². The first-order valence-electron chi connectivity index (χ1n) is 11.7. The minimum Gasteiger partial charge on any atom is -0.387 e. The summed E-state index contributed by atoms with van der Waals surface area (Å²) in [5.41, 5.74) is 1.71. The van der Waals surface area contributed by atoms with Gasteiger partial charge in [0.15, 0.2) is 5.75 Å². The van der Waals surface area contributed by atoms with Crippen LogP contribution in [0.1, 0.15) is 43.9 Å². The van der Waals surface area contributed by atoms with Gasteiger partial charge >= 0.3 is 5.97 Å². The van der Waals surface area contributed by atoms with Gasteiger partial charge < -0.3 is 10.4 Å². The zero-order valence-electron chi connectivity index (χ0n) is 20.2. The lowest BCUT2D eigenvalue weighted by Crippen LogP contribution is -2.32. The summed E-state index contributed by atoms with van der Waals surface area (Å²) in [4.78, 5) is 21.3. The molecule has 36 heavy (non-hydrogen) atoms.